The van der Waals surface area contributed by atoms with Crippen molar-refractivity contribution in [3.8, 4) is 0 Å². The molecule has 0 bridgehead atoms. The molecule has 45 heavy (non-hydrogen) atoms. The van der Waals surface area contributed by atoms with E-state index in [4.69, 9.17) is 20.4 Å². The molecule has 0 spiro atoms. The number of benzene rings is 3. The molecule has 0 aliphatic carbocycles. The minimum absolute atomic E-state index is 0. The van der Waals surface area contributed by atoms with Crippen molar-refractivity contribution in [1.82, 2.24) is 38.8 Å². The van der Waals surface area contributed by atoms with E-state index < -0.39 is 14.6 Å². The van der Waals surface area contributed by atoms with Crippen LogP contribution in [0.2, 0.25) is 0 Å². The van der Waals surface area contributed by atoms with Crippen molar-refractivity contribution >= 4 is 30.5 Å². The maximum Gasteiger partial charge on any atom is 1.00 e. The molecule has 8 nitrogen and oxygen atoms in total. The molecule has 0 N–H and O–H groups in total. The smallest absolute Gasteiger partial charge is 0.379 e. The Morgan fingerprint density at radius 3 is 0.844 bits per heavy atom. The Morgan fingerprint density at radius 2 is 0.644 bits per heavy atom. The van der Waals surface area contributed by atoms with Crippen LogP contribution in [0, 0.1) is 27.7 Å². The third-order valence-corrected chi connectivity index (χ3v) is 10.3. The van der Waals surface area contributed by atoms with Gasteiger partial charge < -0.3 is 18.4 Å². The SMILES string of the molecule is Cc1ccn([B-](n2ccc(C)n2)(n2ccc(C)n2)n2ccc(C)n2)n1.[Cu+].c1ccc([PH+](c2ccccc2)c2ccccc2)cc1. The van der Waals surface area contributed by atoms with Crippen LogP contribution in [-0.4, -0.2) is 45.5 Å². The first kappa shape index (κ1) is 31.9. The zero-order valence-electron chi connectivity index (χ0n) is 25.7. The first-order valence-electron chi connectivity index (χ1n) is 14.7. The quantitative estimate of drug-likeness (QED) is 0.182. The van der Waals surface area contributed by atoms with Crippen molar-refractivity contribution in [3.05, 3.63) is 163 Å². The van der Waals surface area contributed by atoms with E-state index in [9.17, 15) is 0 Å². The second-order valence-electron chi connectivity index (χ2n) is 10.9. The average Bonchev–Trinajstić information content (AvgIpc) is 3.87. The Kier molecular flexibility index (Phi) is 9.99. The Morgan fingerprint density at radius 1 is 0.400 bits per heavy atom. The third kappa shape index (κ3) is 6.64. The number of aryl methyl sites for hydroxylation is 4. The van der Waals surface area contributed by atoms with Gasteiger partial charge in [-0.2, -0.15) is 0 Å². The van der Waals surface area contributed by atoms with Gasteiger partial charge in [-0.3, -0.25) is 0 Å². The van der Waals surface area contributed by atoms with Crippen LogP contribution in [0.15, 0.2) is 140 Å². The van der Waals surface area contributed by atoms with E-state index in [1.165, 1.54) is 15.9 Å². The summed E-state index contributed by atoms with van der Waals surface area (Å²) in [5.74, 6) is 0. The van der Waals surface area contributed by atoms with Crippen molar-refractivity contribution in [2.75, 3.05) is 0 Å². The average molecular weight is 662 g/mol. The number of hydrogen-bond acceptors (Lipinski definition) is 4. The standard InChI is InChI=1S/C18H15P.C16H20BN8.Cu/c1-4-10-16(11-5-1)19(17-12-6-2-7-13-17)18-14-8-3-9-15-18;1-13-5-9-22(18-13)17(23-10-6-14(2)19-23,24-11-7-15(3)20-24)25-12-8-16(4)21-25;/h1-15H;5-12H,1-4H3;/q;-1;+1/p+1. The molecule has 0 fully saturated rings. The number of rotatable bonds is 7. The van der Waals surface area contributed by atoms with E-state index in [1.807, 2.05) is 95.1 Å². The van der Waals surface area contributed by atoms with E-state index in [-0.39, 0.29) is 17.1 Å². The maximum absolute atomic E-state index is 4.70. The van der Waals surface area contributed by atoms with Crippen molar-refractivity contribution < 1.29 is 17.1 Å². The van der Waals surface area contributed by atoms with Crippen LogP contribution < -0.4 is 15.9 Å². The van der Waals surface area contributed by atoms with E-state index in [1.54, 1.807) is 0 Å². The van der Waals surface area contributed by atoms with Crippen molar-refractivity contribution in [2.45, 2.75) is 27.7 Å². The van der Waals surface area contributed by atoms with Gasteiger partial charge in [0.25, 0.3) is 0 Å². The molecule has 7 aromatic rings. The van der Waals surface area contributed by atoms with E-state index in [2.05, 4.69) is 91.0 Å². The summed E-state index contributed by atoms with van der Waals surface area (Å²) in [6, 6.07) is 40.4. The van der Waals surface area contributed by atoms with Crippen LogP contribution in [0.3, 0.4) is 0 Å². The van der Waals surface area contributed by atoms with Crippen molar-refractivity contribution in [2.24, 2.45) is 0 Å². The minimum Gasteiger partial charge on any atom is -0.379 e. The van der Waals surface area contributed by atoms with E-state index >= 15 is 0 Å². The molecule has 0 unspecified atom stereocenters. The van der Waals surface area contributed by atoms with Gasteiger partial charge in [0, 0.05) is 0 Å². The molecule has 0 amide bonds. The fourth-order valence-corrected chi connectivity index (χ4v) is 8.12. The van der Waals surface area contributed by atoms with Crippen LogP contribution >= 0.6 is 7.92 Å². The summed E-state index contributed by atoms with van der Waals surface area (Å²) in [7, 11) is -0.877. The van der Waals surface area contributed by atoms with Gasteiger partial charge in [0.1, 0.15) is 15.9 Å². The molecule has 4 heterocycles. The molecule has 0 atom stereocenters. The van der Waals surface area contributed by atoms with Crippen LogP contribution in [0.1, 0.15) is 22.8 Å². The van der Waals surface area contributed by atoms with Crippen molar-refractivity contribution in [3.63, 3.8) is 0 Å². The van der Waals surface area contributed by atoms with Gasteiger partial charge in [-0.1, -0.05) is 54.6 Å². The van der Waals surface area contributed by atoms with Crippen LogP contribution in [-0.2, 0) is 17.1 Å². The van der Waals surface area contributed by atoms with Gasteiger partial charge in [-0.05, 0) is 113 Å². The zero-order valence-corrected chi connectivity index (χ0v) is 27.7. The fraction of sp³-hybridized carbons (Fsp3) is 0.118. The maximum atomic E-state index is 4.70. The molecule has 0 aliphatic rings. The summed E-state index contributed by atoms with van der Waals surface area (Å²) in [6.45, 7) is 5.96. The van der Waals surface area contributed by atoms with Gasteiger partial charge in [0.05, 0.1) is 30.7 Å². The molecule has 7 rings (SSSR count). The first-order valence-corrected chi connectivity index (χ1v) is 16.2. The molecule has 0 saturated carbocycles. The molecule has 4 aromatic heterocycles. The predicted molar refractivity (Wildman–Crippen MR) is 182 cm³/mol. The third-order valence-electron chi connectivity index (χ3n) is 7.57. The Hall–Kier alpha value is -4.49. The predicted octanol–water partition coefficient (Wildman–Crippen LogP) is 4.81. The van der Waals surface area contributed by atoms with Crippen LogP contribution in [0.25, 0.3) is 0 Å². The summed E-state index contributed by atoms with van der Waals surface area (Å²) >= 11 is 0. The summed E-state index contributed by atoms with van der Waals surface area (Å²) in [4.78, 5) is 0. The monoisotopic (exact) mass is 661 g/mol. The van der Waals surface area contributed by atoms with Crippen LogP contribution in [0.5, 0.6) is 0 Å². The number of aromatic nitrogens is 8. The molecule has 0 radical (unpaired) electrons. The molecule has 0 aliphatic heterocycles. The normalized spacial score (nSPS) is 11.1. The Bertz CT molecular complexity index is 1670. The van der Waals surface area contributed by atoms with Gasteiger partial charge >= 0.3 is 23.8 Å². The topological polar surface area (TPSA) is 71.3 Å². The van der Waals surface area contributed by atoms with Gasteiger partial charge in [0.2, 0.25) is 0 Å². The summed E-state index contributed by atoms with van der Waals surface area (Å²) in [5, 5.41) is 23.1. The van der Waals surface area contributed by atoms with Crippen LogP contribution in [0.4, 0.5) is 0 Å². The Balaban J connectivity index is 0.000000180. The molecule has 3 aromatic carbocycles. The second-order valence-corrected chi connectivity index (χ2v) is 13.4. The summed E-state index contributed by atoms with van der Waals surface area (Å²) < 4.78 is 7.56. The molecule has 11 heteroatoms. The molecular weight excluding hydrogens is 626 g/mol. The van der Waals surface area contributed by atoms with Crippen molar-refractivity contribution in [1.29, 1.82) is 0 Å². The van der Waals surface area contributed by atoms with Gasteiger partial charge in [-0.15, -0.1) is 0 Å². The number of hydrogen-bond donors (Lipinski definition) is 0. The zero-order chi connectivity index (χ0) is 30.5. The van der Waals surface area contributed by atoms with E-state index in [0.29, 0.717) is 0 Å². The minimum atomic E-state index is -1.91. The fourth-order valence-electron chi connectivity index (χ4n) is 5.55. The van der Waals surface area contributed by atoms with Gasteiger partial charge in [0.15, 0.2) is 0 Å². The number of nitrogens with zero attached hydrogens (tertiary/aromatic N) is 8. The molecule has 230 valence electrons. The second kappa shape index (κ2) is 14.1. The summed E-state index contributed by atoms with van der Waals surface area (Å²) in [5.41, 5.74) is 3.68. The largest absolute Gasteiger partial charge is 1.00 e. The molecule has 0 saturated heterocycles. The first-order chi connectivity index (χ1) is 21.4. The summed E-state index contributed by atoms with van der Waals surface area (Å²) in [6.07, 6.45) is 7.78. The van der Waals surface area contributed by atoms with E-state index in [0.717, 1.165) is 22.8 Å². The van der Waals surface area contributed by atoms with Gasteiger partial charge in [-0.25, -0.2) is 20.4 Å². The Labute approximate surface area is 276 Å². The molecular formula is C34H36BCuN8P+.